The molecule has 2 aliphatic heterocycles. The molecule has 2 fully saturated rings. The molecular formula is C12H22N2O2. The fourth-order valence-electron chi connectivity index (χ4n) is 2.64. The average Bonchev–Trinajstić information content (AvgIpc) is 2.78. The summed E-state index contributed by atoms with van der Waals surface area (Å²) in [6, 6.07) is 0. The molecule has 2 heterocycles. The third kappa shape index (κ3) is 2.95. The highest BCUT2D eigenvalue weighted by Crippen LogP contribution is 2.25. The number of hydrogen-bond donors (Lipinski definition) is 1. The second-order valence-electron chi connectivity index (χ2n) is 4.95. The molecule has 92 valence electrons. The smallest absolute Gasteiger partial charge is 0.320 e. The summed E-state index contributed by atoms with van der Waals surface area (Å²) in [6.07, 6.45) is 2.05. The van der Waals surface area contributed by atoms with Gasteiger partial charge in [-0.3, -0.25) is 9.69 Å². The van der Waals surface area contributed by atoms with Crippen molar-refractivity contribution >= 4 is 5.97 Å². The Balaban J connectivity index is 1.65. The molecule has 0 aliphatic carbocycles. The number of ether oxygens (including phenoxy) is 1. The summed E-state index contributed by atoms with van der Waals surface area (Å²) in [5.74, 6) is 1.45. The van der Waals surface area contributed by atoms with E-state index >= 15 is 0 Å². The number of nitrogens with one attached hydrogen (secondary N) is 1. The number of esters is 1. The molecular weight excluding hydrogens is 204 g/mol. The number of nitrogens with zero attached hydrogens (tertiary/aromatic N) is 1. The fraction of sp³-hybridized carbons (Fsp3) is 0.917. The van der Waals surface area contributed by atoms with Crippen molar-refractivity contribution < 1.29 is 9.53 Å². The van der Waals surface area contributed by atoms with Gasteiger partial charge < -0.3 is 10.1 Å². The van der Waals surface area contributed by atoms with Gasteiger partial charge in [-0.2, -0.15) is 0 Å². The van der Waals surface area contributed by atoms with Gasteiger partial charge in [-0.05, 0) is 31.3 Å². The lowest BCUT2D eigenvalue weighted by molar-refractivity contribution is -0.144. The Labute approximate surface area is 97.3 Å². The minimum atomic E-state index is -0.0543. The van der Waals surface area contributed by atoms with Gasteiger partial charge in [-0.25, -0.2) is 0 Å². The van der Waals surface area contributed by atoms with Gasteiger partial charge in [0.05, 0.1) is 13.2 Å². The minimum absolute atomic E-state index is 0.0543. The van der Waals surface area contributed by atoms with Crippen LogP contribution in [0.4, 0.5) is 0 Å². The van der Waals surface area contributed by atoms with E-state index in [0.717, 1.165) is 50.9 Å². The topological polar surface area (TPSA) is 41.6 Å². The maximum atomic E-state index is 11.5. The Morgan fingerprint density at radius 1 is 1.38 bits per heavy atom. The van der Waals surface area contributed by atoms with Crippen LogP contribution in [-0.4, -0.2) is 50.2 Å². The number of unbranched alkanes of at least 4 members (excludes halogenated alkanes) is 1. The minimum Gasteiger partial charge on any atom is -0.465 e. The van der Waals surface area contributed by atoms with E-state index in [2.05, 4.69) is 17.1 Å². The van der Waals surface area contributed by atoms with E-state index in [4.69, 9.17) is 4.74 Å². The lowest BCUT2D eigenvalue weighted by Gasteiger charge is -2.15. The van der Waals surface area contributed by atoms with E-state index in [1.807, 2.05) is 0 Å². The number of carbonyl (C=O) groups is 1. The van der Waals surface area contributed by atoms with Crippen molar-refractivity contribution in [3.05, 3.63) is 0 Å². The Bertz CT molecular complexity index is 233. The van der Waals surface area contributed by atoms with Gasteiger partial charge in [-0.1, -0.05) is 13.3 Å². The van der Waals surface area contributed by atoms with Crippen LogP contribution in [0.5, 0.6) is 0 Å². The van der Waals surface area contributed by atoms with Gasteiger partial charge in [0.2, 0.25) is 0 Å². The van der Waals surface area contributed by atoms with Crippen molar-refractivity contribution in [1.82, 2.24) is 10.2 Å². The monoisotopic (exact) mass is 226 g/mol. The predicted molar refractivity (Wildman–Crippen MR) is 62.2 cm³/mol. The van der Waals surface area contributed by atoms with E-state index in [0.29, 0.717) is 13.2 Å². The zero-order valence-corrected chi connectivity index (χ0v) is 10.1. The maximum Gasteiger partial charge on any atom is 0.320 e. The molecule has 2 atom stereocenters. The van der Waals surface area contributed by atoms with Crippen LogP contribution in [0.15, 0.2) is 0 Å². The maximum absolute atomic E-state index is 11.5. The first kappa shape index (κ1) is 11.9. The third-order valence-corrected chi connectivity index (χ3v) is 3.58. The molecule has 0 spiro atoms. The van der Waals surface area contributed by atoms with E-state index in [1.54, 1.807) is 0 Å². The molecule has 2 aliphatic rings. The number of fused-ring (bicyclic) bond motifs is 1. The number of likely N-dealkylation sites (tertiary alicyclic amines) is 1. The van der Waals surface area contributed by atoms with E-state index in [1.165, 1.54) is 0 Å². The van der Waals surface area contributed by atoms with Crippen molar-refractivity contribution in [2.45, 2.75) is 19.8 Å². The molecule has 0 aromatic heterocycles. The molecule has 4 nitrogen and oxygen atoms in total. The van der Waals surface area contributed by atoms with Crippen molar-refractivity contribution in [1.29, 1.82) is 0 Å². The fourth-order valence-corrected chi connectivity index (χ4v) is 2.64. The van der Waals surface area contributed by atoms with Crippen LogP contribution in [0.1, 0.15) is 19.8 Å². The van der Waals surface area contributed by atoms with Gasteiger partial charge in [0.15, 0.2) is 0 Å². The van der Waals surface area contributed by atoms with Gasteiger partial charge in [0.25, 0.3) is 0 Å². The number of hydrogen-bond acceptors (Lipinski definition) is 4. The first-order valence-corrected chi connectivity index (χ1v) is 6.38. The normalized spacial score (nSPS) is 29.3. The van der Waals surface area contributed by atoms with Crippen LogP contribution in [0.2, 0.25) is 0 Å². The molecule has 2 rings (SSSR count). The van der Waals surface area contributed by atoms with Crippen molar-refractivity contribution in [3.8, 4) is 0 Å². The molecule has 0 aromatic carbocycles. The summed E-state index contributed by atoms with van der Waals surface area (Å²) in [7, 11) is 0. The summed E-state index contributed by atoms with van der Waals surface area (Å²) < 4.78 is 5.17. The molecule has 0 radical (unpaired) electrons. The largest absolute Gasteiger partial charge is 0.465 e. The van der Waals surface area contributed by atoms with Crippen molar-refractivity contribution in [2.75, 3.05) is 39.3 Å². The lowest BCUT2D eigenvalue weighted by Crippen LogP contribution is -2.31. The Morgan fingerprint density at radius 2 is 2.06 bits per heavy atom. The third-order valence-electron chi connectivity index (χ3n) is 3.58. The van der Waals surface area contributed by atoms with Crippen LogP contribution in [0.3, 0.4) is 0 Å². The van der Waals surface area contributed by atoms with E-state index in [-0.39, 0.29) is 5.97 Å². The summed E-state index contributed by atoms with van der Waals surface area (Å²) in [5.41, 5.74) is 0. The summed E-state index contributed by atoms with van der Waals surface area (Å²) in [4.78, 5) is 13.8. The number of carbonyl (C=O) groups excluding carboxylic acids is 1. The Morgan fingerprint density at radius 3 is 2.69 bits per heavy atom. The molecule has 0 bridgehead atoms. The summed E-state index contributed by atoms with van der Waals surface area (Å²) in [6.45, 7) is 7.51. The SMILES string of the molecule is CCCCOC(=O)CN1CC2CNCC2C1. The molecule has 4 heteroatoms. The zero-order chi connectivity index (χ0) is 11.4. The quantitative estimate of drug-likeness (QED) is 0.547. The highest BCUT2D eigenvalue weighted by Gasteiger charge is 2.36. The second-order valence-corrected chi connectivity index (χ2v) is 4.95. The van der Waals surface area contributed by atoms with Gasteiger partial charge >= 0.3 is 5.97 Å². The molecule has 2 unspecified atom stereocenters. The van der Waals surface area contributed by atoms with Gasteiger partial charge in [0.1, 0.15) is 0 Å². The van der Waals surface area contributed by atoms with Crippen LogP contribution in [0, 0.1) is 11.8 Å². The molecule has 0 aromatic rings. The van der Waals surface area contributed by atoms with Gasteiger partial charge in [-0.15, -0.1) is 0 Å². The van der Waals surface area contributed by atoms with Crippen molar-refractivity contribution in [2.24, 2.45) is 11.8 Å². The highest BCUT2D eigenvalue weighted by molar-refractivity contribution is 5.71. The molecule has 0 saturated carbocycles. The van der Waals surface area contributed by atoms with Crippen molar-refractivity contribution in [3.63, 3.8) is 0 Å². The summed E-state index contributed by atoms with van der Waals surface area (Å²) in [5, 5.41) is 3.40. The molecule has 16 heavy (non-hydrogen) atoms. The number of rotatable bonds is 5. The lowest BCUT2D eigenvalue weighted by atomic mass is 10.0. The second kappa shape index (κ2) is 5.64. The standard InChI is InChI=1S/C12H22N2O2/c1-2-3-4-16-12(15)9-14-7-10-5-13-6-11(10)8-14/h10-11,13H,2-9H2,1H3. The summed E-state index contributed by atoms with van der Waals surface area (Å²) >= 11 is 0. The van der Waals surface area contributed by atoms with Crippen LogP contribution in [-0.2, 0) is 9.53 Å². The van der Waals surface area contributed by atoms with Crippen LogP contribution in [0.25, 0.3) is 0 Å². The highest BCUT2D eigenvalue weighted by atomic mass is 16.5. The van der Waals surface area contributed by atoms with Crippen LogP contribution >= 0.6 is 0 Å². The average molecular weight is 226 g/mol. The van der Waals surface area contributed by atoms with E-state index < -0.39 is 0 Å². The first-order chi connectivity index (χ1) is 7.79. The zero-order valence-electron chi connectivity index (χ0n) is 10.1. The Kier molecular flexibility index (Phi) is 4.18. The first-order valence-electron chi connectivity index (χ1n) is 6.38. The van der Waals surface area contributed by atoms with E-state index in [9.17, 15) is 4.79 Å². The van der Waals surface area contributed by atoms with Gasteiger partial charge in [0, 0.05) is 13.1 Å². The van der Waals surface area contributed by atoms with Crippen LogP contribution < -0.4 is 5.32 Å². The molecule has 2 saturated heterocycles. The molecule has 1 N–H and O–H groups in total. The Hall–Kier alpha value is -0.610. The predicted octanol–water partition coefficient (Wildman–Crippen LogP) is 0.481. The molecule has 0 amide bonds.